The van der Waals surface area contributed by atoms with Gasteiger partial charge in [-0.25, -0.2) is 0 Å². The summed E-state index contributed by atoms with van der Waals surface area (Å²) < 4.78 is 0. The number of hydrogen-bond acceptors (Lipinski definition) is 3. The average molecular weight is 219 g/mol. The predicted octanol–water partition coefficient (Wildman–Crippen LogP) is 1.66. The third kappa shape index (κ3) is 2.80. The Labute approximate surface area is 97.9 Å². The number of pyridine rings is 1. The Morgan fingerprint density at radius 2 is 2.38 bits per heavy atom. The van der Waals surface area contributed by atoms with E-state index in [1.165, 1.54) is 12.1 Å². The minimum absolute atomic E-state index is 0.271. The van der Waals surface area contributed by atoms with Gasteiger partial charge in [-0.3, -0.25) is 9.88 Å². The minimum Gasteiger partial charge on any atom is -0.309 e. The summed E-state index contributed by atoms with van der Waals surface area (Å²) in [5, 5.41) is 3.60. The number of hydrogen-bond donors (Lipinski definition) is 1. The summed E-state index contributed by atoms with van der Waals surface area (Å²) in [6, 6.07) is 6.13. The maximum absolute atomic E-state index is 4.38. The first-order chi connectivity index (χ1) is 7.72. The summed E-state index contributed by atoms with van der Waals surface area (Å²) in [4.78, 5) is 6.87. The molecule has 1 aromatic rings. The summed E-state index contributed by atoms with van der Waals surface area (Å²) in [6.45, 7) is 8.83. The van der Waals surface area contributed by atoms with E-state index in [-0.39, 0.29) is 5.54 Å². The molecule has 0 aromatic carbocycles. The fourth-order valence-corrected chi connectivity index (χ4v) is 2.24. The molecule has 3 nitrogen and oxygen atoms in total. The number of rotatable bonds is 3. The van der Waals surface area contributed by atoms with Crippen LogP contribution in [-0.4, -0.2) is 35.1 Å². The van der Waals surface area contributed by atoms with E-state index in [1.807, 2.05) is 12.3 Å². The third-order valence-electron chi connectivity index (χ3n) is 3.44. The molecule has 1 unspecified atom stereocenters. The van der Waals surface area contributed by atoms with Gasteiger partial charge in [0, 0.05) is 37.9 Å². The second kappa shape index (κ2) is 4.93. The zero-order valence-corrected chi connectivity index (χ0v) is 10.2. The SMILES string of the molecule is CCC1(C)CN(Cc2ccccn2)CCN1. The highest BCUT2D eigenvalue weighted by molar-refractivity contribution is 5.04. The van der Waals surface area contributed by atoms with Gasteiger partial charge in [0.1, 0.15) is 0 Å². The van der Waals surface area contributed by atoms with Crippen LogP contribution in [0.15, 0.2) is 24.4 Å². The lowest BCUT2D eigenvalue weighted by molar-refractivity contribution is 0.132. The second-order valence-electron chi connectivity index (χ2n) is 4.87. The molecule has 0 saturated carbocycles. The molecule has 0 aliphatic carbocycles. The molecule has 3 heteroatoms. The van der Waals surface area contributed by atoms with Gasteiger partial charge in [0.2, 0.25) is 0 Å². The summed E-state index contributed by atoms with van der Waals surface area (Å²) in [5.74, 6) is 0. The van der Waals surface area contributed by atoms with Crippen molar-refractivity contribution in [1.29, 1.82) is 0 Å². The van der Waals surface area contributed by atoms with Crippen LogP contribution >= 0.6 is 0 Å². The molecule has 1 N–H and O–H groups in total. The number of aromatic nitrogens is 1. The largest absolute Gasteiger partial charge is 0.309 e. The molecule has 1 aliphatic rings. The van der Waals surface area contributed by atoms with E-state index in [4.69, 9.17) is 0 Å². The van der Waals surface area contributed by atoms with Gasteiger partial charge in [-0.05, 0) is 25.5 Å². The van der Waals surface area contributed by atoms with E-state index in [1.54, 1.807) is 0 Å². The van der Waals surface area contributed by atoms with Gasteiger partial charge in [-0.2, -0.15) is 0 Å². The van der Waals surface area contributed by atoms with Crippen LogP contribution in [0.3, 0.4) is 0 Å². The van der Waals surface area contributed by atoms with E-state index in [0.29, 0.717) is 0 Å². The Morgan fingerprint density at radius 1 is 1.50 bits per heavy atom. The monoisotopic (exact) mass is 219 g/mol. The number of piperazine rings is 1. The second-order valence-corrected chi connectivity index (χ2v) is 4.87. The third-order valence-corrected chi connectivity index (χ3v) is 3.44. The van der Waals surface area contributed by atoms with Crippen LogP contribution in [0.1, 0.15) is 26.0 Å². The first kappa shape index (κ1) is 11.6. The Morgan fingerprint density at radius 3 is 3.06 bits per heavy atom. The molecule has 16 heavy (non-hydrogen) atoms. The van der Waals surface area contributed by atoms with Crippen molar-refractivity contribution < 1.29 is 0 Å². The molecule has 0 amide bonds. The lowest BCUT2D eigenvalue weighted by atomic mass is 9.96. The minimum atomic E-state index is 0.271. The number of nitrogens with one attached hydrogen (secondary N) is 1. The van der Waals surface area contributed by atoms with Gasteiger partial charge in [0.05, 0.1) is 5.69 Å². The topological polar surface area (TPSA) is 28.2 Å². The van der Waals surface area contributed by atoms with E-state index >= 15 is 0 Å². The molecular formula is C13H21N3. The highest BCUT2D eigenvalue weighted by atomic mass is 15.2. The fourth-order valence-electron chi connectivity index (χ4n) is 2.24. The Hall–Kier alpha value is -0.930. The van der Waals surface area contributed by atoms with Crippen LogP contribution in [-0.2, 0) is 6.54 Å². The van der Waals surface area contributed by atoms with E-state index < -0.39 is 0 Å². The summed E-state index contributed by atoms with van der Waals surface area (Å²) in [7, 11) is 0. The zero-order chi connectivity index (χ0) is 11.4. The highest BCUT2D eigenvalue weighted by Crippen LogP contribution is 2.16. The Bertz CT molecular complexity index is 325. The zero-order valence-electron chi connectivity index (χ0n) is 10.2. The molecule has 1 fully saturated rings. The normalized spacial score (nSPS) is 26.9. The van der Waals surface area contributed by atoms with Crippen LogP contribution < -0.4 is 5.32 Å². The molecule has 2 heterocycles. The van der Waals surface area contributed by atoms with Crippen LogP contribution in [0.2, 0.25) is 0 Å². The lowest BCUT2D eigenvalue weighted by Crippen LogP contribution is -2.58. The lowest BCUT2D eigenvalue weighted by Gasteiger charge is -2.41. The van der Waals surface area contributed by atoms with Gasteiger partial charge >= 0.3 is 0 Å². The van der Waals surface area contributed by atoms with E-state index in [2.05, 4.69) is 41.2 Å². The number of nitrogens with zero attached hydrogens (tertiary/aromatic N) is 2. The van der Waals surface area contributed by atoms with Crippen molar-refractivity contribution in [1.82, 2.24) is 15.2 Å². The maximum Gasteiger partial charge on any atom is 0.0543 e. The van der Waals surface area contributed by atoms with Crippen molar-refractivity contribution in [2.24, 2.45) is 0 Å². The van der Waals surface area contributed by atoms with Gasteiger partial charge in [0.15, 0.2) is 0 Å². The first-order valence-corrected chi connectivity index (χ1v) is 6.09. The molecular weight excluding hydrogens is 198 g/mol. The average Bonchev–Trinajstić information content (AvgIpc) is 2.30. The Kier molecular flexibility index (Phi) is 3.56. The highest BCUT2D eigenvalue weighted by Gasteiger charge is 2.28. The van der Waals surface area contributed by atoms with E-state index in [9.17, 15) is 0 Å². The van der Waals surface area contributed by atoms with Crippen LogP contribution in [0.4, 0.5) is 0 Å². The van der Waals surface area contributed by atoms with E-state index in [0.717, 1.165) is 26.2 Å². The molecule has 2 rings (SSSR count). The van der Waals surface area contributed by atoms with Crippen LogP contribution in [0, 0.1) is 0 Å². The smallest absolute Gasteiger partial charge is 0.0543 e. The van der Waals surface area contributed by atoms with Crippen LogP contribution in [0.25, 0.3) is 0 Å². The molecule has 0 radical (unpaired) electrons. The summed E-state index contributed by atoms with van der Waals surface area (Å²) in [5.41, 5.74) is 1.44. The molecule has 1 aliphatic heterocycles. The standard InChI is InChI=1S/C13H21N3/c1-3-13(2)11-16(9-8-15-13)10-12-6-4-5-7-14-12/h4-7,15H,3,8-11H2,1-2H3. The maximum atomic E-state index is 4.38. The van der Waals surface area contributed by atoms with Crippen molar-refractivity contribution in [3.05, 3.63) is 30.1 Å². The molecule has 0 spiro atoms. The molecule has 88 valence electrons. The van der Waals surface area contributed by atoms with Crippen molar-refractivity contribution in [2.75, 3.05) is 19.6 Å². The Balaban J connectivity index is 1.96. The van der Waals surface area contributed by atoms with Crippen molar-refractivity contribution in [2.45, 2.75) is 32.4 Å². The molecule has 1 atom stereocenters. The molecule has 1 saturated heterocycles. The molecule has 0 bridgehead atoms. The molecule has 1 aromatic heterocycles. The quantitative estimate of drug-likeness (QED) is 0.838. The van der Waals surface area contributed by atoms with Gasteiger partial charge < -0.3 is 5.32 Å². The first-order valence-electron chi connectivity index (χ1n) is 6.09. The van der Waals surface area contributed by atoms with Gasteiger partial charge in [-0.1, -0.05) is 13.0 Å². The fraction of sp³-hybridized carbons (Fsp3) is 0.615. The van der Waals surface area contributed by atoms with Crippen molar-refractivity contribution >= 4 is 0 Å². The van der Waals surface area contributed by atoms with Crippen molar-refractivity contribution in [3.8, 4) is 0 Å². The summed E-state index contributed by atoms with van der Waals surface area (Å²) in [6.07, 6.45) is 3.04. The van der Waals surface area contributed by atoms with Crippen molar-refractivity contribution in [3.63, 3.8) is 0 Å². The predicted molar refractivity (Wildman–Crippen MR) is 66.2 cm³/mol. The van der Waals surface area contributed by atoms with Gasteiger partial charge in [0.25, 0.3) is 0 Å². The van der Waals surface area contributed by atoms with Crippen LogP contribution in [0.5, 0.6) is 0 Å². The van der Waals surface area contributed by atoms with Gasteiger partial charge in [-0.15, -0.1) is 0 Å². The summed E-state index contributed by atoms with van der Waals surface area (Å²) >= 11 is 0.